The van der Waals surface area contributed by atoms with Gasteiger partial charge >= 0.3 is 139 Å². The Balaban J connectivity index is 3.39. The van der Waals surface area contributed by atoms with E-state index in [0.29, 0.717) is 0 Å². The molecule has 4 heteroatoms. The molecule has 0 N–H and O–H groups in total. The van der Waals surface area contributed by atoms with Crippen LogP contribution in [0.15, 0.2) is 35.2 Å². The van der Waals surface area contributed by atoms with Gasteiger partial charge in [-0.2, -0.15) is 0 Å². The van der Waals surface area contributed by atoms with Crippen molar-refractivity contribution in [3.05, 3.63) is 40.8 Å². The predicted octanol–water partition coefficient (Wildman–Crippen LogP) is 6.60. The average Bonchev–Trinajstić information content (AvgIpc) is 2.52. The maximum atomic E-state index is 7.12. The molecule has 0 radical (unpaired) electrons. The number of hydrogen-bond acceptors (Lipinski definition) is 0. The van der Waals surface area contributed by atoms with E-state index in [-0.39, 0.29) is 0 Å². The average molecular weight is 435 g/mol. The van der Waals surface area contributed by atoms with Crippen molar-refractivity contribution in [3.8, 4) is 0 Å². The first kappa shape index (κ1) is 18.7. The van der Waals surface area contributed by atoms with Crippen molar-refractivity contribution in [2.24, 2.45) is 0 Å². The molecular formula is C16H26Cl2Ge2. The minimum absolute atomic E-state index is 1.11. The quantitative estimate of drug-likeness (QED) is 0.424. The van der Waals surface area contributed by atoms with Gasteiger partial charge in [0.15, 0.2) is 0 Å². The molecule has 0 atom stereocenters. The first-order valence-corrected chi connectivity index (χ1v) is 21.3. The van der Waals surface area contributed by atoms with Crippen LogP contribution in [-0.2, 0) is 0 Å². The summed E-state index contributed by atoms with van der Waals surface area (Å²) in [4.78, 5) is 2.47. The van der Waals surface area contributed by atoms with Crippen molar-refractivity contribution in [3.63, 3.8) is 0 Å². The molecule has 0 aromatic heterocycles. The van der Waals surface area contributed by atoms with E-state index in [9.17, 15) is 0 Å². The van der Waals surface area contributed by atoms with Gasteiger partial charge in [0.1, 0.15) is 0 Å². The van der Waals surface area contributed by atoms with Crippen LogP contribution in [0.3, 0.4) is 0 Å². The Morgan fingerprint density at radius 2 is 1.40 bits per heavy atom. The Hall–Kier alpha value is 0.626. The Morgan fingerprint density at radius 1 is 0.900 bits per heavy atom. The van der Waals surface area contributed by atoms with Gasteiger partial charge in [-0.25, -0.2) is 0 Å². The fourth-order valence-electron chi connectivity index (χ4n) is 2.43. The fraction of sp³-hybridized carbons (Fsp3) is 0.500. The molecule has 112 valence electrons. The molecule has 0 heterocycles. The summed E-state index contributed by atoms with van der Waals surface area (Å²) in [7, 11) is 14.1. The zero-order chi connectivity index (χ0) is 15.2. The van der Waals surface area contributed by atoms with E-state index in [1.807, 2.05) is 0 Å². The third-order valence-corrected chi connectivity index (χ3v) is 27.0. The monoisotopic (exact) mass is 436 g/mol. The van der Waals surface area contributed by atoms with Crippen molar-refractivity contribution in [2.75, 3.05) is 0 Å². The third kappa shape index (κ3) is 4.56. The summed E-state index contributed by atoms with van der Waals surface area (Å²) in [5.74, 6) is 0. The van der Waals surface area contributed by atoms with E-state index in [4.69, 9.17) is 20.0 Å². The topological polar surface area (TPSA) is 0 Å². The summed E-state index contributed by atoms with van der Waals surface area (Å²) in [5.41, 5.74) is 1.31. The van der Waals surface area contributed by atoms with Gasteiger partial charge in [-0.1, -0.05) is 0 Å². The molecule has 0 saturated heterocycles. The van der Waals surface area contributed by atoms with E-state index in [1.54, 1.807) is 0 Å². The molecule has 0 nitrogen and oxygen atoms in total. The van der Waals surface area contributed by atoms with Crippen molar-refractivity contribution in [1.29, 1.82) is 0 Å². The van der Waals surface area contributed by atoms with Gasteiger partial charge < -0.3 is 0 Å². The Kier molecular flexibility index (Phi) is 7.76. The fourth-order valence-corrected chi connectivity index (χ4v) is 19.8. The van der Waals surface area contributed by atoms with Crippen LogP contribution in [0.4, 0.5) is 0 Å². The molecule has 0 saturated carbocycles. The summed E-state index contributed by atoms with van der Waals surface area (Å²) in [5, 5.41) is 4.47. The zero-order valence-corrected chi connectivity index (χ0v) is 18.8. The first-order chi connectivity index (χ1) is 9.44. The van der Waals surface area contributed by atoms with Crippen LogP contribution in [0.1, 0.15) is 33.3 Å². The van der Waals surface area contributed by atoms with Gasteiger partial charge in [-0.05, 0) is 0 Å². The number of rotatable bonds is 7. The van der Waals surface area contributed by atoms with Gasteiger partial charge in [0.2, 0.25) is 0 Å². The zero-order valence-electron chi connectivity index (χ0n) is 13.0. The second-order valence-corrected chi connectivity index (χ2v) is 29.1. The molecule has 0 bridgehead atoms. The molecule has 0 aliphatic heterocycles. The normalized spacial score (nSPS) is 13.6. The van der Waals surface area contributed by atoms with Gasteiger partial charge in [-0.3, -0.25) is 0 Å². The Labute approximate surface area is 138 Å². The predicted molar refractivity (Wildman–Crippen MR) is 99.6 cm³/mol. The van der Waals surface area contributed by atoms with E-state index >= 15 is 0 Å². The Bertz CT molecular complexity index is 435. The van der Waals surface area contributed by atoms with Gasteiger partial charge in [0.05, 0.1) is 0 Å². The molecule has 1 rings (SSSR count). The summed E-state index contributed by atoms with van der Waals surface area (Å²) in [6.45, 7) is 8.95. The molecule has 0 fully saturated rings. The van der Waals surface area contributed by atoms with Crippen LogP contribution in [0.5, 0.6) is 0 Å². The first-order valence-electron chi connectivity index (χ1n) is 7.61. The van der Waals surface area contributed by atoms with Crippen LogP contribution in [0.2, 0.25) is 21.0 Å². The van der Waals surface area contributed by atoms with Crippen molar-refractivity contribution in [2.45, 2.75) is 48.7 Å². The van der Waals surface area contributed by atoms with Crippen LogP contribution >= 0.6 is 20.0 Å². The van der Waals surface area contributed by atoms with E-state index < -0.39 is 24.7 Å². The molecule has 0 spiro atoms. The second kappa shape index (κ2) is 8.31. The maximum absolute atomic E-state index is 7.12. The molecule has 0 unspecified atom stereocenters. The number of halogens is 2. The number of benzene rings is 1. The molecule has 0 amide bonds. The van der Waals surface area contributed by atoms with Crippen molar-refractivity contribution < 1.29 is 0 Å². The molecule has 1 aromatic rings. The van der Waals surface area contributed by atoms with Crippen LogP contribution in [0, 0.1) is 0 Å². The Morgan fingerprint density at radius 3 is 1.80 bits per heavy atom. The molecule has 0 aliphatic rings. The standard InChI is InChI=1S/C16H26Cl2Ge2/c1-5-19(17,6-2)14-16(20(18,7-3)8-4)15-12-10-9-11-13-15/h9-14H,5-8H2,1-4H3/b16-14-. The minimum atomic E-state index is -2.48. The van der Waals surface area contributed by atoms with Crippen molar-refractivity contribution in [1.82, 2.24) is 0 Å². The molecular weight excluding hydrogens is 408 g/mol. The van der Waals surface area contributed by atoms with Gasteiger partial charge in [0, 0.05) is 0 Å². The van der Waals surface area contributed by atoms with Crippen LogP contribution < -0.4 is 0 Å². The van der Waals surface area contributed by atoms with Gasteiger partial charge in [0.25, 0.3) is 0 Å². The summed E-state index contributed by atoms with van der Waals surface area (Å²) >= 11 is -4.84. The SMILES string of the molecule is C[CH2][Ge]([Cl])(/[CH]=[C](/c1ccccc1)[Ge]([Cl])([CH2]C)[CH2]C)[CH2]C. The summed E-state index contributed by atoms with van der Waals surface area (Å²) in [6.07, 6.45) is 0. The summed E-state index contributed by atoms with van der Waals surface area (Å²) in [6, 6.07) is 10.7. The van der Waals surface area contributed by atoms with Crippen LogP contribution in [0.25, 0.3) is 4.41 Å². The van der Waals surface area contributed by atoms with Crippen LogP contribution in [-0.4, -0.2) is 24.7 Å². The van der Waals surface area contributed by atoms with E-state index in [0.717, 1.165) is 21.0 Å². The molecule has 20 heavy (non-hydrogen) atoms. The van der Waals surface area contributed by atoms with E-state index in [2.05, 4.69) is 62.9 Å². The van der Waals surface area contributed by atoms with E-state index in [1.165, 1.54) is 9.97 Å². The summed E-state index contributed by atoms with van der Waals surface area (Å²) < 4.78 is 1.44. The third-order valence-electron chi connectivity index (χ3n) is 4.27. The van der Waals surface area contributed by atoms with Crippen molar-refractivity contribution >= 4 is 49.1 Å². The second-order valence-electron chi connectivity index (χ2n) is 5.34. The number of hydrogen-bond donors (Lipinski definition) is 0. The van der Waals surface area contributed by atoms with Gasteiger partial charge in [-0.15, -0.1) is 0 Å². The molecule has 0 aliphatic carbocycles. The molecule has 1 aromatic carbocycles.